The maximum atomic E-state index is 12.9. The third kappa shape index (κ3) is 5.21. The minimum atomic E-state index is -3.83. The van der Waals surface area contributed by atoms with Gasteiger partial charge in [-0.1, -0.05) is 17.7 Å². The van der Waals surface area contributed by atoms with Crippen LogP contribution in [0.2, 0.25) is 0 Å². The molecule has 1 aliphatic heterocycles. The highest BCUT2D eigenvalue weighted by Crippen LogP contribution is 2.38. The average Bonchev–Trinajstić information content (AvgIpc) is 2.75. The van der Waals surface area contributed by atoms with Gasteiger partial charge < -0.3 is 15.2 Å². The van der Waals surface area contributed by atoms with Gasteiger partial charge in [-0.25, -0.2) is 8.42 Å². The fraction of sp³-hybridized carbons (Fsp3) is 0.250. The van der Waals surface area contributed by atoms with Crippen molar-refractivity contribution in [2.24, 2.45) is 0 Å². The highest BCUT2D eigenvalue weighted by atomic mass is 79.9. The van der Waals surface area contributed by atoms with E-state index in [1.807, 2.05) is 19.1 Å². The van der Waals surface area contributed by atoms with Crippen molar-refractivity contribution in [2.75, 3.05) is 18.4 Å². The first-order valence-electron chi connectivity index (χ1n) is 10.4. The molecule has 174 valence electrons. The Morgan fingerprint density at radius 3 is 2.42 bits per heavy atom. The SMILES string of the molecule is COc1c(Br)cc(CC2NCCc3cc(O)c(NS(=O)(=O)c4ccc(C)cc4)cc32)cc1Br. The molecule has 33 heavy (non-hydrogen) atoms. The van der Waals surface area contributed by atoms with Crippen LogP contribution in [0, 0.1) is 6.92 Å². The van der Waals surface area contributed by atoms with Crippen molar-refractivity contribution >= 4 is 47.6 Å². The molecule has 6 nitrogen and oxygen atoms in total. The molecule has 0 spiro atoms. The predicted octanol–water partition coefficient (Wildman–Crippen LogP) is 5.46. The Balaban J connectivity index is 1.65. The summed E-state index contributed by atoms with van der Waals surface area (Å²) in [6, 6.07) is 14.0. The number of rotatable bonds is 6. The maximum Gasteiger partial charge on any atom is 0.262 e. The molecule has 4 rings (SSSR count). The number of phenolic OH excluding ortho intramolecular Hbond substituents is 1. The lowest BCUT2D eigenvalue weighted by Gasteiger charge is -2.28. The van der Waals surface area contributed by atoms with E-state index in [4.69, 9.17) is 4.74 Å². The Hall–Kier alpha value is -2.07. The molecule has 1 aliphatic rings. The molecular weight excluding hydrogens is 572 g/mol. The van der Waals surface area contributed by atoms with E-state index in [0.29, 0.717) is 6.42 Å². The van der Waals surface area contributed by atoms with Crippen molar-refractivity contribution < 1.29 is 18.3 Å². The highest BCUT2D eigenvalue weighted by molar-refractivity contribution is 9.11. The Kier molecular flexibility index (Phi) is 7.04. The van der Waals surface area contributed by atoms with Gasteiger partial charge in [-0.2, -0.15) is 0 Å². The van der Waals surface area contributed by atoms with Crippen molar-refractivity contribution in [1.82, 2.24) is 5.32 Å². The number of fused-ring (bicyclic) bond motifs is 1. The van der Waals surface area contributed by atoms with Crippen molar-refractivity contribution in [3.8, 4) is 11.5 Å². The molecule has 1 unspecified atom stereocenters. The number of aryl methyl sites for hydroxylation is 1. The second-order valence-electron chi connectivity index (χ2n) is 8.04. The van der Waals surface area contributed by atoms with Crippen LogP contribution in [0.4, 0.5) is 5.69 Å². The summed E-state index contributed by atoms with van der Waals surface area (Å²) in [6.45, 7) is 2.66. The molecule has 9 heteroatoms. The number of halogens is 2. The summed E-state index contributed by atoms with van der Waals surface area (Å²) in [5, 5.41) is 14.1. The van der Waals surface area contributed by atoms with Crippen molar-refractivity contribution in [3.05, 3.63) is 79.7 Å². The number of benzene rings is 3. The number of aromatic hydroxyl groups is 1. The first-order chi connectivity index (χ1) is 15.7. The number of hydrogen-bond donors (Lipinski definition) is 3. The molecule has 1 heterocycles. The molecule has 0 fully saturated rings. The predicted molar refractivity (Wildman–Crippen MR) is 137 cm³/mol. The Morgan fingerprint density at radius 2 is 1.79 bits per heavy atom. The minimum absolute atomic E-state index is 0.0378. The van der Waals surface area contributed by atoms with Crippen LogP contribution in [0.3, 0.4) is 0 Å². The Labute approximate surface area is 210 Å². The molecule has 3 N–H and O–H groups in total. The zero-order valence-corrected chi connectivity index (χ0v) is 22.1. The van der Waals surface area contributed by atoms with Crippen LogP contribution in [0.15, 0.2) is 62.4 Å². The molecule has 3 aromatic carbocycles. The van der Waals surface area contributed by atoms with E-state index < -0.39 is 10.0 Å². The van der Waals surface area contributed by atoms with Crippen LogP contribution in [-0.4, -0.2) is 27.2 Å². The van der Waals surface area contributed by atoms with E-state index in [9.17, 15) is 13.5 Å². The van der Waals surface area contributed by atoms with Gasteiger partial charge in [-0.15, -0.1) is 0 Å². The topological polar surface area (TPSA) is 87.7 Å². The summed E-state index contributed by atoms with van der Waals surface area (Å²) in [5.41, 5.74) is 4.18. The lowest BCUT2D eigenvalue weighted by molar-refractivity contribution is 0.409. The van der Waals surface area contributed by atoms with E-state index in [-0.39, 0.29) is 22.4 Å². The lowest BCUT2D eigenvalue weighted by atomic mass is 9.89. The smallest absolute Gasteiger partial charge is 0.262 e. The summed E-state index contributed by atoms with van der Waals surface area (Å²) in [7, 11) is -2.21. The number of hydrogen-bond acceptors (Lipinski definition) is 5. The third-order valence-corrected chi connectivity index (χ3v) is 8.26. The molecule has 0 radical (unpaired) electrons. The summed E-state index contributed by atoms with van der Waals surface area (Å²) in [4.78, 5) is 0.146. The van der Waals surface area contributed by atoms with Crippen LogP contribution in [-0.2, 0) is 22.9 Å². The van der Waals surface area contributed by atoms with E-state index >= 15 is 0 Å². The van der Waals surface area contributed by atoms with Crippen LogP contribution in [0.5, 0.6) is 11.5 Å². The maximum absolute atomic E-state index is 12.9. The van der Waals surface area contributed by atoms with Gasteiger partial charge in [0.2, 0.25) is 0 Å². The summed E-state index contributed by atoms with van der Waals surface area (Å²) in [6.07, 6.45) is 1.43. The normalized spacial score (nSPS) is 15.7. The fourth-order valence-corrected chi connectivity index (χ4v) is 6.70. The molecule has 0 bridgehead atoms. The van der Waals surface area contributed by atoms with Crippen LogP contribution < -0.4 is 14.8 Å². The molecule has 0 saturated carbocycles. The van der Waals surface area contributed by atoms with E-state index in [2.05, 4.69) is 41.9 Å². The van der Waals surface area contributed by atoms with Gasteiger partial charge in [0.1, 0.15) is 11.5 Å². The fourth-order valence-electron chi connectivity index (χ4n) is 4.03. The summed E-state index contributed by atoms with van der Waals surface area (Å²) < 4.78 is 35.4. The van der Waals surface area contributed by atoms with Gasteiger partial charge in [-0.3, -0.25) is 4.72 Å². The molecule has 0 aliphatic carbocycles. The van der Waals surface area contributed by atoms with Gasteiger partial charge in [0, 0.05) is 6.04 Å². The van der Waals surface area contributed by atoms with Crippen LogP contribution in [0.1, 0.15) is 28.3 Å². The molecule has 0 saturated heterocycles. The van der Waals surface area contributed by atoms with Gasteiger partial charge in [0.05, 0.1) is 26.6 Å². The van der Waals surface area contributed by atoms with Gasteiger partial charge in [0.15, 0.2) is 0 Å². The molecule has 0 amide bonds. The number of anilines is 1. The summed E-state index contributed by atoms with van der Waals surface area (Å²) >= 11 is 7.10. The van der Waals surface area contributed by atoms with Gasteiger partial charge in [0.25, 0.3) is 10.0 Å². The number of phenols is 1. The van der Waals surface area contributed by atoms with Gasteiger partial charge >= 0.3 is 0 Å². The molecule has 3 aromatic rings. The first kappa shape index (κ1) is 24.1. The second-order valence-corrected chi connectivity index (χ2v) is 11.4. The first-order valence-corrected chi connectivity index (χ1v) is 13.5. The Bertz CT molecular complexity index is 1270. The molecule has 1 atom stereocenters. The average molecular weight is 596 g/mol. The largest absolute Gasteiger partial charge is 0.506 e. The molecular formula is C24H24Br2N2O4S. The quantitative estimate of drug-likeness (QED) is 0.329. The zero-order valence-electron chi connectivity index (χ0n) is 18.2. The van der Waals surface area contributed by atoms with E-state index in [1.54, 1.807) is 43.5 Å². The number of sulfonamides is 1. The number of ether oxygens (including phenoxy) is 1. The van der Waals surface area contributed by atoms with Crippen molar-refractivity contribution in [1.29, 1.82) is 0 Å². The summed E-state index contributed by atoms with van der Waals surface area (Å²) in [5.74, 6) is 0.647. The zero-order chi connectivity index (χ0) is 23.8. The standard InChI is InChI=1S/C24H24Br2N2O4S/c1-14-3-5-17(6-4-14)33(30,31)28-22-13-18-16(12-23(22)29)7-8-27-21(18)11-15-9-19(25)24(32-2)20(26)10-15/h3-6,9-10,12-13,21,27-29H,7-8,11H2,1-2H3. The van der Waals surface area contributed by atoms with Gasteiger partial charge in [-0.05, 0) is 111 Å². The minimum Gasteiger partial charge on any atom is -0.506 e. The van der Waals surface area contributed by atoms with E-state index in [1.165, 1.54) is 0 Å². The van der Waals surface area contributed by atoms with E-state index in [0.717, 1.165) is 49.9 Å². The van der Waals surface area contributed by atoms with Crippen LogP contribution >= 0.6 is 31.9 Å². The molecule has 0 aromatic heterocycles. The number of nitrogens with one attached hydrogen (secondary N) is 2. The monoisotopic (exact) mass is 594 g/mol. The Morgan fingerprint density at radius 1 is 1.12 bits per heavy atom. The lowest BCUT2D eigenvalue weighted by Crippen LogP contribution is -2.31. The third-order valence-electron chi connectivity index (χ3n) is 5.70. The van der Waals surface area contributed by atoms with Crippen molar-refractivity contribution in [2.45, 2.75) is 30.7 Å². The highest BCUT2D eigenvalue weighted by Gasteiger charge is 2.24. The number of methoxy groups -OCH3 is 1. The van der Waals surface area contributed by atoms with Crippen molar-refractivity contribution in [3.63, 3.8) is 0 Å². The van der Waals surface area contributed by atoms with Crippen LogP contribution in [0.25, 0.3) is 0 Å². The second kappa shape index (κ2) is 9.66.